The second kappa shape index (κ2) is 4.82. The molecule has 5 nitrogen and oxygen atoms in total. The van der Waals surface area contributed by atoms with E-state index in [0.717, 1.165) is 13.1 Å². The highest BCUT2D eigenvalue weighted by molar-refractivity contribution is 5.26. The normalized spacial score (nSPS) is 17.4. The fourth-order valence-corrected chi connectivity index (χ4v) is 1.86. The lowest BCUT2D eigenvalue weighted by Crippen LogP contribution is -2.25. The molecule has 0 saturated heterocycles. The van der Waals surface area contributed by atoms with Gasteiger partial charge in [-0.05, 0) is 37.8 Å². The molecule has 90 valence electrons. The maximum Gasteiger partial charge on any atom is 0.266 e. The Kier molecular flexibility index (Phi) is 3.43. The molecule has 16 heavy (non-hydrogen) atoms. The van der Waals surface area contributed by atoms with E-state index in [1.807, 2.05) is 0 Å². The van der Waals surface area contributed by atoms with Gasteiger partial charge in [0, 0.05) is 25.6 Å². The lowest BCUT2D eigenvalue weighted by atomic mass is 10.1. The average molecular weight is 224 g/mol. The summed E-state index contributed by atoms with van der Waals surface area (Å²) >= 11 is 0. The van der Waals surface area contributed by atoms with Crippen LogP contribution in [0, 0.1) is 5.92 Å². The Hall–Kier alpha value is -1.10. The number of nitrogens with zero attached hydrogens (tertiary/aromatic N) is 3. The van der Waals surface area contributed by atoms with Crippen molar-refractivity contribution in [3.05, 3.63) is 5.89 Å². The predicted molar refractivity (Wildman–Crippen MR) is 62.3 cm³/mol. The number of anilines is 1. The fourth-order valence-electron chi connectivity index (χ4n) is 1.86. The van der Waals surface area contributed by atoms with Crippen LogP contribution < -0.4 is 10.6 Å². The van der Waals surface area contributed by atoms with Crippen LogP contribution in [0.1, 0.15) is 32.6 Å². The molecule has 5 heteroatoms. The minimum absolute atomic E-state index is 0.185. The molecule has 1 aromatic rings. The molecule has 2 N–H and O–H groups in total. The average Bonchev–Trinajstić information content (AvgIpc) is 3.04. The molecule has 0 spiro atoms. The van der Waals surface area contributed by atoms with E-state index in [0.29, 0.717) is 24.2 Å². The van der Waals surface area contributed by atoms with Gasteiger partial charge in [-0.25, -0.2) is 0 Å². The molecule has 1 fully saturated rings. The van der Waals surface area contributed by atoms with Crippen LogP contribution in [-0.4, -0.2) is 29.3 Å². The summed E-state index contributed by atoms with van der Waals surface area (Å²) in [6.45, 7) is 5.94. The molecular weight excluding hydrogens is 204 g/mol. The lowest BCUT2D eigenvalue weighted by molar-refractivity contribution is 0.362. The van der Waals surface area contributed by atoms with Crippen LogP contribution in [0.25, 0.3) is 0 Å². The first kappa shape index (κ1) is 11.4. The minimum Gasteiger partial charge on any atom is -0.339 e. The van der Waals surface area contributed by atoms with Gasteiger partial charge in [-0.1, -0.05) is 0 Å². The van der Waals surface area contributed by atoms with Crippen molar-refractivity contribution in [1.29, 1.82) is 0 Å². The monoisotopic (exact) mass is 224 g/mol. The maximum absolute atomic E-state index is 6.02. The Bertz CT molecular complexity index is 330. The predicted octanol–water partition coefficient (Wildman–Crippen LogP) is 1.20. The Morgan fingerprint density at radius 3 is 2.69 bits per heavy atom. The van der Waals surface area contributed by atoms with Crippen molar-refractivity contribution < 1.29 is 4.52 Å². The van der Waals surface area contributed by atoms with Gasteiger partial charge in [-0.3, -0.25) is 0 Å². The first-order valence-electron chi connectivity index (χ1n) is 6.07. The van der Waals surface area contributed by atoms with Crippen LogP contribution in [0.3, 0.4) is 0 Å². The largest absolute Gasteiger partial charge is 0.339 e. The highest BCUT2D eigenvalue weighted by Gasteiger charge is 2.29. The third kappa shape index (κ3) is 2.52. The molecule has 0 radical (unpaired) electrons. The summed E-state index contributed by atoms with van der Waals surface area (Å²) in [4.78, 5) is 6.44. The van der Waals surface area contributed by atoms with Crippen LogP contribution in [0.5, 0.6) is 0 Å². The van der Waals surface area contributed by atoms with Gasteiger partial charge in [0.1, 0.15) is 0 Å². The SMILES string of the molecule is CCN(CC)c1noc(CC(N)C2CC2)n1. The zero-order valence-electron chi connectivity index (χ0n) is 10.0. The number of aromatic nitrogens is 2. The van der Waals surface area contributed by atoms with Crippen LogP contribution in [0.2, 0.25) is 0 Å². The van der Waals surface area contributed by atoms with Crippen LogP contribution in [-0.2, 0) is 6.42 Å². The molecule has 0 aromatic carbocycles. The molecule has 1 aliphatic carbocycles. The summed E-state index contributed by atoms with van der Waals surface area (Å²) in [6.07, 6.45) is 3.20. The number of nitrogens with two attached hydrogens (primary N) is 1. The maximum atomic E-state index is 6.02. The third-order valence-electron chi connectivity index (χ3n) is 3.14. The molecule has 1 aliphatic rings. The Balaban J connectivity index is 1.95. The lowest BCUT2D eigenvalue weighted by Gasteiger charge is -2.14. The third-order valence-corrected chi connectivity index (χ3v) is 3.14. The van der Waals surface area contributed by atoms with Gasteiger partial charge in [0.05, 0.1) is 0 Å². The minimum atomic E-state index is 0.185. The number of hydrogen-bond donors (Lipinski definition) is 1. The van der Waals surface area contributed by atoms with Gasteiger partial charge < -0.3 is 15.2 Å². The van der Waals surface area contributed by atoms with Crippen molar-refractivity contribution in [2.45, 2.75) is 39.2 Å². The smallest absolute Gasteiger partial charge is 0.266 e. The van der Waals surface area contributed by atoms with Crippen molar-refractivity contribution in [2.75, 3.05) is 18.0 Å². The van der Waals surface area contributed by atoms with Gasteiger partial charge in [-0.2, -0.15) is 4.98 Å². The summed E-state index contributed by atoms with van der Waals surface area (Å²) in [5.74, 6) is 2.02. The second-order valence-corrected chi connectivity index (χ2v) is 4.37. The highest BCUT2D eigenvalue weighted by Crippen LogP contribution is 2.32. The molecule has 0 aliphatic heterocycles. The van der Waals surface area contributed by atoms with Gasteiger partial charge in [0.2, 0.25) is 5.89 Å². The number of hydrogen-bond acceptors (Lipinski definition) is 5. The van der Waals surface area contributed by atoms with Crippen molar-refractivity contribution >= 4 is 5.95 Å². The van der Waals surface area contributed by atoms with E-state index in [2.05, 4.69) is 28.9 Å². The molecule has 0 amide bonds. The Morgan fingerprint density at radius 1 is 1.44 bits per heavy atom. The first-order valence-corrected chi connectivity index (χ1v) is 6.07. The molecule has 1 heterocycles. The van der Waals surface area contributed by atoms with Crippen LogP contribution in [0.15, 0.2) is 4.52 Å². The van der Waals surface area contributed by atoms with Crippen LogP contribution >= 0.6 is 0 Å². The summed E-state index contributed by atoms with van der Waals surface area (Å²) < 4.78 is 5.22. The topological polar surface area (TPSA) is 68.2 Å². The molecule has 0 bridgehead atoms. The zero-order valence-corrected chi connectivity index (χ0v) is 10.0. The van der Waals surface area contributed by atoms with Crippen molar-refractivity contribution in [1.82, 2.24) is 10.1 Å². The quantitative estimate of drug-likeness (QED) is 0.786. The van der Waals surface area contributed by atoms with E-state index in [4.69, 9.17) is 10.3 Å². The van der Waals surface area contributed by atoms with E-state index in [9.17, 15) is 0 Å². The molecule has 1 unspecified atom stereocenters. The van der Waals surface area contributed by atoms with Gasteiger partial charge in [-0.15, -0.1) is 0 Å². The molecule has 1 aromatic heterocycles. The number of rotatable bonds is 6. The van der Waals surface area contributed by atoms with Gasteiger partial charge in [0.25, 0.3) is 5.95 Å². The molecular formula is C11H20N4O. The zero-order chi connectivity index (χ0) is 11.5. The molecule has 1 saturated carbocycles. The van der Waals surface area contributed by atoms with E-state index >= 15 is 0 Å². The van der Waals surface area contributed by atoms with Crippen molar-refractivity contribution in [3.8, 4) is 0 Å². The van der Waals surface area contributed by atoms with Gasteiger partial charge in [0.15, 0.2) is 0 Å². The molecule has 2 rings (SSSR count). The van der Waals surface area contributed by atoms with Gasteiger partial charge >= 0.3 is 0 Å². The Morgan fingerprint density at radius 2 is 2.12 bits per heavy atom. The van der Waals surface area contributed by atoms with Crippen molar-refractivity contribution in [3.63, 3.8) is 0 Å². The molecule has 1 atom stereocenters. The Labute approximate surface area is 96.0 Å². The van der Waals surface area contributed by atoms with Crippen LogP contribution in [0.4, 0.5) is 5.95 Å². The summed E-state index contributed by atoms with van der Waals surface area (Å²) in [6, 6.07) is 0.185. The second-order valence-electron chi connectivity index (χ2n) is 4.37. The van der Waals surface area contributed by atoms with E-state index in [1.54, 1.807) is 0 Å². The van der Waals surface area contributed by atoms with Crippen molar-refractivity contribution in [2.24, 2.45) is 11.7 Å². The highest BCUT2D eigenvalue weighted by atomic mass is 16.5. The summed E-state index contributed by atoms with van der Waals surface area (Å²) in [5, 5.41) is 3.98. The first-order chi connectivity index (χ1) is 7.74. The summed E-state index contributed by atoms with van der Waals surface area (Å²) in [5.41, 5.74) is 6.02. The summed E-state index contributed by atoms with van der Waals surface area (Å²) in [7, 11) is 0. The van der Waals surface area contributed by atoms with E-state index in [1.165, 1.54) is 12.8 Å². The van der Waals surface area contributed by atoms with E-state index < -0.39 is 0 Å². The fraction of sp³-hybridized carbons (Fsp3) is 0.818. The van der Waals surface area contributed by atoms with E-state index in [-0.39, 0.29) is 6.04 Å². The standard InChI is InChI=1S/C11H20N4O/c1-3-15(4-2)11-13-10(16-14-11)7-9(12)8-5-6-8/h8-9H,3-7,12H2,1-2H3.